The van der Waals surface area contributed by atoms with Gasteiger partial charge in [-0.25, -0.2) is 4.79 Å². The first-order valence-corrected chi connectivity index (χ1v) is 11.8. The van der Waals surface area contributed by atoms with Crippen LogP contribution in [0.25, 0.3) is 6.08 Å². The van der Waals surface area contributed by atoms with E-state index in [0.717, 1.165) is 5.56 Å². The highest BCUT2D eigenvalue weighted by Gasteiger charge is 2.38. The number of nitrogens with zero attached hydrogens (tertiary/aromatic N) is 1. The van der Waals surface area contributed by atoms with Crippen molar-refractivity contribution in [1.82, 2.24) is 0 Å². The van der Waals surface area contributed by atoms with Crippen LogP contribution >= 0.6 is 11.6 Å². The van der Waals surface area contributed by atoms with Gasteiger partial charge in [0.25, 0.3) is 5.91 Å². The molecule has 0 N–H and O–H groups in total. The topological polar surface area (TPSA) is 74.3 Å². The highest BCUT2D eigenvalue weighted by molar-refractivity contribution is 6.32. The Morgan fingerprint density at radius 2 is 1.62 bits per heavy atom. The van der Waals surface area contributed by atoms with Crippen LogP contribution in [-0.2, 0) is 20.9 Å². The maximum Gasteiger partial charge on any atom is 0.340 e. The minimum Gasteiger partial charge on any atom is -0.495 e. The number of anilines is 1. The van der Waals surface area contributed by atoms with Crippen molar-refractivity contribution < 1.29 is 28.5 Å². The van der Waals surface area contributed by atoms with Gasteiger partial charge < -0.3 is 18.9 Å². The van der Waals surface area contributed by atoms with E-state index < -0.39 is 5.97 Å². The normalized spacial score (nSPS) is 14.2. The molecule has 8 heteroatoms. The van der Waals surface area contributed by atoms with Gasteiger partial charge in [-0.05, 0) is 54.5 Å². The van der Waals surface area contributed by atoms with Gasteiger partial charge in [-0.1, -0.05) is 48.0 Å². The third-order valence-electron chi connectivity index (χ3n) is 5.92. The van der Waals surface area contributed by atoms with Crippen LogP contribution in [0.2, 0.25) is 5.02 Å². The van der Waals surface area contributed by atoms with Gasteiger partial charge in [0.15, 0.2) is 11.5 Å². The molecule has 1 amide bonds. The van der Waals surface area contributed by atoms with Gasteiger partial charge in [-0.15, -0.1) is 0 Å². The van der Waals surface area contributed by atoms with Gasteiger partial charge in [0.1, 0.15) is 12.4 Å². The number of carbonyl (C=O) groups excluding carboxylic acids is 2. The molecule has 0 aromatic heterocycles. The van der Waals surface area contributed by atoms with Crippen molar-refractivity contribution in [1.29, 1.82) is 0 Å². The van der Waals surface area contributed by atoms with E-state index in [-0.39, 0.29) is 17.1 Å². The lowest BCUT2D eigenvalue weighted by Crippen LogP contribution is -2.24. The van der Waals surface area contributed by atoms with Crippen molar-refractivity contribution in [2.75, 3.05) is 26.2 Å². The summed E-state index contributed by atoms with van der Waals surface area (Å²) in [6.07, 6.45) is 1.63. The van der Waals surface area contributed by atoms with E-state index >= 15 is 0 Å². The van der Waals surface area contributed by atoms with Crippen molar-refractivity contribution in [2.24, 2.45) is 0 Å². The minimum absolute atomic E-state index is 0.169. The Bertz CT molecular complexity index is 1400. The van der Waals surface area contributed by atoms with E-state index in [1.54, 1.807) is 56.5 Å². The standard InChI is InChI=1S/C29H26ClNO6/c1-18-27(29(33)36-4)22(28(32)31(18)21-11-13-24(34-2)23(30)16-21)14-20-10-12-25(26(15-20)35-3)37-17-19-8-6-5-7-9-19/h5-16H,17H2,1-4H3/b22-14-. The smallest absolute Gasteiger partial charge is 0.340 e. The molecule has 0 unspecified atom stereocenters. The largest absolute Gasteiger partial charge is 0.495 e. The third kappa shape index (κ3) is 5.32. The van der Waals surface area contributed by atoms with Crippen molar-refractivity contribution in [3.63, 3.8) is 0 Å². The number of hydrogen-bond acceptors (Lipinski definition) is 6. The van der Waals surface area contributed by atoms with Crippen molar-refractivity contribution in [2.45, 2.75) is 13.5 Å². The van der Waals surface area contributed by atoms with Crippen LogP contribution in [0.15, 0.2) is 83.6 Å². The van der Waals surface area contributed by atoms with Gasteiger partial charge in [0.2, 0.25) is 0 Å². The van der Waals surface area contributed by atoms with Gasteiger partial charge in [0, 0.05) is 5.70 Å². The van der Waals surface area contributed by atoms with E-state index in [1.807, 2.05) is 30.3 Å². The monoisotopic (exact) mass is 519 g/mol. The van der Waals surface area contributed by atoms with Gasteiger partial charge in [-0.3, -0.25) is 9.69 Å². The van der Waals surface area contributed by atoms with Crippen LogP contribution in [0.4, 0.5) is 5.69 Å². The molecular formula is C29H26ClNO6. The predicted octanol–water partition coefficient (Wildman–Crippen LogP) is 5.81. The molecule has 0 saturated heterocycles. The Balaban J connectivity index is 1.69. The van der Waals surface area contributed by atoms with E-state index in [1.165, 1.54) is 19.1 Å². The maximum absolute atomic E-state index is 13.6. The number of esters is 1. The second-order valence-corrected chi connectivity index (χ2v) is 8.56. The maximum atomic E-state index is 13.6. The van der Waals surface area contributed by atoms with Crippen molar-refractivity contribution >= 4 is 35.2 Å². The zero-order valence-electron chi connectivity index (χ0n) is 20.9. The Kier molecular flexibility index (Phi) is 7.84. The first kappa shape index (κ1) is 25.9. The number of hydrogen-bond donors (Lipinski definition) is 0. The number of allylic oxidation sites excluding steroid dienone is 1. The summed E-state index contributed by atoms with van der Waals surface area (Å²) in [7, 11) is 4.33. The fourth-order valence-electron chi connectivity index (χ4n) is 4.08. The van der Waals surface area contributed by atoms with Crippen molar-refractivity contribution in [3.8, 4) is 17.2 Å². The fourth-order valence-corrected chi connectivity index (χ4v) is 4.33. The summed E-state index contributed by atoms with van der Waals surface area (Å²) in [6.45, 7) is 2.06. The van der Waals surface area contributed by atoms with Crippen LogP contribution < -0.4 is 19.1 Å². The molecule has 190 valence electrons. The van der Waals surface area contributed by atoms with Gasteiger partial charge in [0.05, 0.1) is 43.2 Å². The molecule has 0 atom stereocenters. The fraction of sp³-hybridized carbons (Fsp3) is 0.172. The highest BCUT2D eigenvalue weighted by atomic mass is 35.5. The number of carbonyl (C=O) groups is 2. The lowest BCUT2D eigenvalue weighted by molar-refractivity contribution is -0.136. The molecule has 0 saturated carbocycles. The highest BCUT2D eigenvalue weighted by Crippen LogP contribution is 2.39. The van der Waals surface area contributed by atoms with Crippen LogP contribution in [-0.4, -0.2) is 33.2 Å². The molecule has 37 heavy (non-hydrogen) atoms. The molecule has 0 spiro atoms. The number of methoxy groups -OCH3 is 3. The summed E-state index contributed by atoms with van der Waals surface area (Å²) < 4.78 is 21.7. The van der Waals surface area contributed by atoms with Crippen LogP contribution in [0, 0.1) is 0 Å². The molecular weight excluding hydrogens is 494 g/mol. The van der Waals surface area contributed by atoms with Crippen LogP contribution in [0.3, 0.4) is 0 Å². The molecule has 1 aliphatic heterocycles. The number of amides is 1. The lowest BCUT2D eigenvalue weighted by Gasteiger charge is -2.19. The second-order valence-electron chi connectivity index (χ2n) is 8.15. The molecule has 0 bridgehead atoms. The summed E-state index contributed by atoms with van der Waals surface area (Å²) in [4.78, 5) is 27.7. The summed E-state index contributed by atoms with van der Waals surface area (Å²) in [6, 6.07) is 20.1. The number of ether oxygens (including phenoxy) is 4. The average molecular weight is 520 g/mol. The summed E-state index contributed by atoms with van der Waals surface area (Å²) in [5, 5.41) is 0.341. The van der Waals surface area contributed by atoms with E-state index in [2.05, 4.69) is 0 Å². The Morgan fingerprint density at radius 1 is 0.919 bits per heavy atom. The lowest BCUT2D eigenvalue weighted by atomic mass is 10.0. The van der Waals surface area contributed by atoms with Gasteiger partial charge >= 0.3 is 5.97 Å². The van der Waals surface area contributed by atoms with E-state index in [9.17, 15) is 9.59 Å². The molecule has 1 aliphatic rings. The zero-order chi connectivity index (χ0) is 26.5. The SMILES string of the molecule is COC(=O)C1=C(C)N(c2ccc(OC)c(Cl)c2)C(=O)/C1=C\c1ccc(OCc2ccccc2)c(OC)c1. The van der Waals surface area contributed by atoms with Gasteiger partial charge in [-0.2, -0.15) is 0 Å². The number of benzene rings is 3. The van der Waals surface area contributed by atoms with E-state index in [0.29, 0.717) is 45.8 Å². The first-order valence-electron chi connectivity index (χ1n) is 11.4. The Hall–Kier alpha value is -4.23. The molecule has 0 aliphatic carbocycles. The molecule has 3 aromatic rings. The zero-order valence-corrected chi connectivity index (χ0v) is 21.7. The van der Waals surface area contributed by atoms with Crippen LogP contribution in [0.1, 0.15) is 18.1 Å². The molecule has 1 heterocycles. The quantitative estimate of drug-likeness (QED) is 0.276. The third-order valence-corrected chi connectivity index (χ3v) is 6.21. The first-order chi connectivity index (χ1) is 17.9. The molecule has 3 aromatic carbocycles. The summed E-state index contributed by atoms with van der Waals surface area (Å²) >= 11 is 6.30. The number of halogens is 1. The summed E-state index contributed by atoms with van der Waals surface area (Å²) in [5.41, 5.74) is 2.96. The van der Waals surface area contributed by atoms with E-state index in [4.69, 9.17) is 30.5 Å². The Labute approximate surface area is 220 Å². The average Bonchev–Trinajstić information content (AvgIpc) is 3.16. The van der Waals surface area contributed by atoms with Crippen LogP contribution in [0.5, 0.6) is 17.2 Å². The Morgan fingerprint density at radius 3 is 2.27 bits per heavy atom. The minimum atomic E-state index is -0.617. The van der Waals surface area contributed by atoms with Crippen molar-refractivity contribution in [3.05, 3.63) is 99.7 Å². The molecule has 7 nitrogen and oxygen atoms in total. The molecule has 0 fully saturated rings. The molecule has 4 rings (SSSR count). The summed E-state index contributed by atoms with van der Waals surface area (Å²) in [5.74, 6) is 0.524. The number of rotatable bonds is 8. The second kappa shape index (κ2) is 11.2. The molecule has 0 radical (unpaired) electrons. The predicted molar refractivity (Wildman–Crippen MR) is 142 cm³/mol.